The highest BCUT2D eigenvalue weighted by Crippen LogP contribution is 2.43. The molecule has 1 aliphatic heterocycles. The van der Waals surface area contributed by atoms with Gasteiger partial charge in [0.25, 0.3) is 0 Å². The number of nitrogens with one attached hydrogen (secondary N) is 1. The van der Waals surface area contributed by atoms with E-state index in [1.165, 1.54) is 6.07 Å². The fourth-order valence-electron chi connectivity index (χ4n) is 2.38. The van der Waals surface area contributed by atoms with Crippen molar-refractivity contribution in [2.24, 2.45) is 0 Å². The molecule has 0 bridgehead atoms. The summed E-state index contributed by atoms with van der Waals surface area (Å²) < 4.78 is 53.6. The predicted octanol–water partition coefficient (Wildman–Crippen LogP) is 1.69. The van der Waals surface area contributed by atoms with Gasteiger partial charge < -0.3 is 5.32 Å². The van der Waals surface area contributed by atoms with Crippen LogP contribution in [0.1, 0.15) is 38.8 Å². The smallest absolute Gasteiger partial charge is 0.306 e. The lowest BCUT2D eigenvalue weighted by molar-refractivity contribution is 0.339. The second kappa shape index (κ2) is 5.96. The molecule has 0 unspecified atom stereocenters. The Hall–Kier alpha value is -0.480. The molecule has 0 aromatic carbocycles. The van der Waals surface area contributed by atoms with Gasteiger partial charge in [0.2, 0.25) is 0 Å². The van der Waals surface area contributed by atoms with Crippen molar-refractivity contribution in [1.82, 2.24) is 5.32 Å². The van der Waals surface area contributed by atoms with Crippen molar-refractivity contribution < 1.29 is 21.0 Å². The highest BCUT2D eigenvalue weighted by Gasteiger charge is 2.39. The molecule has 0 radical (unpaired) electrons. The van der Waals surface area contributed by atoms with E-state index in [9.17, 15) is 16.8 Å². The molecule has 0 spiro atoms. The van der Waals surface area contributed by atoms with Gasteiger partial charge in [-0.3, -0.25) is 4.18 Å². The van der Waals surface area contributed by atoms with Crippen molar-refractivity contribution in [3.05, 3.63) is 11.6 Å². The van der Waals surface area contributed by atoms with E-state index in [1.807, 2.05) is 6.92 Å². The molecule has 0 saturated heterocycles. The minimum Gasteiger partial charge on any atom is -0.310 e. The van der Waals surface area contributed by atoms with Gasteiger partial charge in [-0.25, -0.2) is 8.42 Å². The first-order valence-electron chi connectivity index (χ1n) is 6.74. The Labute approximate surface area is 129 Å². The largest absolute Gasteiger partial charge is 0.310 e. The first kappa shape index (κ1) is 16.9. The molecule has 0 amide bonds. The van der Waals surface area contributed by atoms with Gasteiger partial charge in [-0.1, -0.05) is 6.92 Å². The van der Waals surface area contributed by atoms with Crippen molar-refractivity contribution >= 4 is 31.3 Å². The molecule has 0 fully saturated rings. The standard InChI is InChI=1S/C12H19NO5S3/c1-4-13-10-6-8(3)20(14,15)12-9(10)7-11(19-12)21(16,17)18-5-2/h7-8,10,13H,4-6H2,1-3H3/t8-,10-/m0/s1. The lowest BCUT2D eigenvalue weighted by atomic mass is 10.1. The summed E-state index contributed by atoms with van der Waals surface area (Å²) in [7, 11) is -7.35. The molecule has 1 aromatic rings. The van der Waals surface area contributed by atoms with Crippen LogP contribution in [0, 0.1) is 0 Å². The van der Waals surface area contributed by atoms with Crippen molar-refractivity contribution in [2.45, 2.75) is 46.9 Å². The van der Waals surface area contributed by atoms with Crippen LogP contribution in [0.15, 0.2) is 14.5 Å². The zero-order valence-electron chi connectivity index (χ0n) is 12.1. The summed E-state index contributed by atoms with van der Waals surface area (Å²) in [4.78, 5) is 0. The zero-order valence-corrected chi connectivity index (χ0v) is 14.6. The number of thiophene rings is 1. The van der Waals surface area contributed by atoms with E-state index in [4.69, 9.17) is 4.18 Å². The summed E-state index contributed by atoms with van der Waals surface area (Å²) in [6.07, 6.45) is 0.439. The van der Waals surface area contributed by atoms with E-state index in [0.717, 1.165) is 11.3 Å². The lowest BCUT2D eigenvalue weighted by Crippen LogP contribution is -2.33. The maximum atomic E-state index is 12.4. The van der Waals surface area contributed by atoms with Gasteiger partial charge in [-0.15, -0.1) is 11.3 Å². The maximum absolute atomic E-state index is 12.4. The van der Waals surface area contributed by atoms with Crippen molar-refractivity contribution in [3.8, 4) is 0 Å². The average molecular weight is 353 g/mol. The SMILES string of the molecule is CCN[C@H]1C[C@H](C)S(=O)(=O)c2sc(S(=O)(=O)OCC)cc21. The van der Waals surface area contributed by atoms with Gasteiger partial charge in [0, 0.05) is 11.6 Å². The second-order valence-electron chi connectivity index (χ2n) is 4.87. The molecular weight excluding hydrogens is 334 g/mol. The highest BCUT2D eigenvalue weighted by molar-refractivity contribution is 7.95. The van der Waals surface area contributed by atoms with E-state index >= 15 is 0 Å². The third kappa shape index (κ3) is 3.02. The van der Waals surface area contributed by atoms with Gasteiger partial charge in [-0.2, -0.15) is 8.42 Å². The van der Waals surface area contributed by atoms with Crippen molar-refractivity contribution in [3.63, 3.8) is 0 Å². The molecule has 2 heterocycles. The summed E-state index contributed by atoms with van der Waals surface area (Å²) in [6.45, 7) is 5.85. The summed E-state index contributed by atoms with van der Waals surface area (Å²) in [5.74, 6) is 0. The Bertz CT molecular complexity index is 720. The molecule has 0 aliphatic carbocycles. The van der Waals surface area contributed by atoms with Gasteiger partial charge in [-0.05, 0) is 32.9 Å². The van der Waals surface area contributed by atoms with Crippen LogP contribution in [0.25, 0.3) is 0 Å². The molecule has 6 nitrogen and oxygen atoms in total. The molecule has 21 heavy (non-hydrogen) atoms. The lowest BCUT2D eigenvalue weighted by Gasteiger charge is -2.27. The molecule has 0 saturated carbocycles. The van der Waals surface area contributed by atoms with Crippen LogP contribution < -0.4 is 5.32 Å². The maximum Gasteiger partial charge on any atom is 0.306 e. The van der Waals surface area contributed by atoms with Gasteiger partial charge in [0.15, 0.2) is 9.84 Å². The van der Waals surface area contributed by atoms with E-state index in [1.54, 1.807) is 13.8 Å². The van der Waals surface area contributed by atoms with Crippen LogP contribution in [0.3, 0.4) is 0 Å². The van der Waals surface area contributed by atoms with Crippen LogP contribution in [0.2, 0.25) is 0 Å². The summed E-state index contributed by atoms with van der Waals surface area (Å²) in [6, 6.07) is 1.28. The van der Waals surface area contributed by atoms with Crippen LogP contribution in [0.4, 0.5) is 0 Å². The zero-order chi connectivity index (χ0) is 15.8. The quantitative estimate of drug-likeness (QED) is 0.810. The fourth-order valence-corrected chi connectivity index (χ4v) is 7.29. The fraction of sp³-hybridized carbons (Fsp3) is 0.667. The minimum absolute atomic E-state index is 0.0185. The summed E-state index contributed by atoms with van der Waals surface area (Å²) in [5.41, 5.74) is 0.540. The molecule has 1 N–H and O–H groups in total. The normalized spacial score (nSPS) is 24.7. The Balaban J connectivity index is 2.58. The van der Waals surface area contributed by atoms with Gasteiger partial charge in [0.1, 0.15) is 8.42 Å². The van der Waals surface area contributed by atoms with Crippen molar-refractivity contribution in [1.29, 1.82) is 0 Å². The first-order valence-corrected chi connectivity index (χ1v) is 10.5. The molecule has 9 heteroatoms. The van der Waals surface area contributed by atoms with E-state index < -0.39 is 25.2 Å². The first-order chi connectivity index (χ1) is 9.74. The number of fused-ring (bicyclic) bond motifs is 1. The van der Waals surface area contributed by atoms with Crippen molar-refractivity contribution in [2.75, 3.05) is 13.2 Å². The highest BCUT2D eigenvalue weighted by atomic mass is 32.3. The van der Waals surface area contributed by atoms with Crippen LogP contribution in [-0.4, -0.2) is 35.2 Å². The molecule has 2 atom stereocenters. The molecule has 1 aliphatic rings. The molecule has 2 rings (SSSR count). The number of hydrogen-bond acceptors (Lipinski definition) is 7. The number of sulfone groups is 1. The average Bonchev–Trinajstić information content (AvgIpc) is 2.83. The van der Waals surface area contributed by atoms with Crippen LogP contribution >= 0.6 is 11.3 Å². The Morgan fingerprint density at radius 2 is 2.10 bits per heavy atom. The van der Waals surface area contributed by atoms with E-state index in [-0.39, 0.29) is 21.1 Å². The topological polar surface area (TPSA) is 89.5 Å². The predicted molar refractivity (Wildman–Crippen MR) is 80.8 cm³/mol. The summed E-state index contributed by atoms with van der Waals surface area (Å²) >= 11 is 0.782. The van der Waals surface area contributed by atoms with E-state index in [2.05, 4.69) is 5.32 Å². The minimum atomic E-state index is -3.88. The van der Waals surface area contributed by atoms with Crippen LogP contribution in [0.5, 0.6) is 0 Å². The van der Waals surface area contributed by atoms with Gasteiger partial charge >= 0.3 is 10.1 Å². The Kier molecular flexibility index (Phi) is 4.79. The molecular formula is C12H19NO5S3. The third-order valence-corrected chi connectivity index (χ3v) is 9.11. The van der Waals surface area contributed by atoms with E-state index in [0.29, 0.717) is 18.5 Å². The Morgan fingerprint density at radius 3 is 2.67 bits per heavy atom. The number of rotatable bonds is 5. The van der Waals surface area contributed by atoms with Crippen LogP contribution in [-0.2, 0) is 24.1 Å². The molecule has 120 valence electrons. The molecule has 1 aromatic heterocycles. The third-order valence-electron chi connectivity index (χ3n) is 3.40. The van der Waals surface area contributed by atoms with Gasteiger partial charge in [0.05, 0.1) is 11.9 Å². The monoisotopic (exact) mass is 353 g/mol. The second-order valence-corrected chi connectivity index (χ2v) is 10.3. The number of hydrogen-bond donors (Lipinski definition) is 1. The Morgan fingerprint density at radius 1 is 1.43 bits per heavy atom. The summed E-state index contributed by atoms with van der Waals surface area (Å²) in [5, 5.41) is 2.68.